The minimum atomic E-state index is 0.680. The molecule has 0 saturated heterocycles. The Kier molecular flexibility index (Phi) is 15.5. The smallest absolute Gasteiger partial charge is 0.116 e. The molecule has 0 radical (unpaired) electrons. The summed E-state index contributed by atoms with van der Waals surface area (Å²) in [5.41, 5.74) is 13.4. The van der Waals surface area contributed by atoms with Crippen molar-refractivity contribution in [2.24, 2.45) is 5.73 Å². The maximum absolute atomic E-state index is 5.33. The van der Waals surface area contributed by atoms with Gasteiger partial charge in [0.25, 0.3) is 0 Å². The molecular weight excluding hydrogens is 390 g/mol. The molecule has 0 amide bonds. The fraction of sp³-hybridized carbons (Fsp3) is 0.448. The molecule has 2 N–H and O–H groups in total. The summed E-state index contributed by atoms with van der Waals surface area (Å²) < 4.78 is 0. The second kappa shape index (κ2) is 16.9. The standard InChI is InChI=1S/C15H22.C9H12N2.C5H11N/c1-5-7-13(4)15-10-8-14(9-11-15)12(3)6-2;1-4-8-5-10-6-11-9(8)7(2)3;1-3-5(6)4-2/h8-11,13H,3,5-7H2,1-2,4H3;5-6H,2,4H2,1,3H3;3H,4,6H2,1-2H3/b;;5-3+/t13-;;/m0../s1. The maximum atomic E-state index is 5.33. The van der Waals surface area contributed by atoms with E-state index in [-0.39, 0.29) is 0 Å². The quantitative estimate of drug-likeness (QED) is 0.453. The van der Waals surface area contributed by atoms with Gasteiger partial charge in [0.15, 0.2) is 0 Å². The van der Waals surface area contributed by atoms with Crippen molar-refractivity contribution in [2.75, 3.05) is 0 Å². The lowest BCUT2D eigenvalue weighted by molar-refractivity contribution is 0.665. The first-order valence-corrected chi connectivity index (χ1v) is 11.9. The van der Waals surface area contributed by atoms with Crippen molar-refractivity contribution in [2.45, 2.75) is 86.5 Å². The lowest BCUT2D eigenvalue weighted by Gasteiger charge is -2.11. The fourth-order valence-corrected chi connectivity index (χ4v) is 3.06. The molecular formula is C29H45N3. The number of rotatable bonds is 8. The SMILES string of the molecule is C/C=C(/N)CC.C=C(C)c1ncncc1CC.C=C(CC)c1ccc([C@@H](C)CCC)cc1. The number of nitrogens with two attached hydrogens (primary N) is 1. The number of nitrogens with zero attached hydrogens (tertiary/aromatic N) is 2. The van der Waals surface area contributed by atoms with Gasteiger partial charge in [-0.15, -0.1) is 0 Å². The molecule has 0 aliphatic heterocycles. The van der Waals surface area contributed by atoms with Gasteiger partial charge in [-0.3, -0.25) is 0 Å². The first kappa shape index (κ1) is 29.3. The summed E-state index contributed by atoms with van der Waals surface area (Å²) in [4.78, 5) is 8.08. The molecule has 176 valence electrons. The van der Waals surface area contributed by atoms with Gasteiger partial charge in [0, 0.05) is 11.9 Å². The second-order valence-electron chi connectivity index (χ2n) is 8.02. The summed E-state index contributed by atoms with van der Waals surface area (Å²) in [5.74, 6) is 0.680. The normalized spacial score (nSPS) is 11.4. The summed E-state index contributed by atoms with van der Waals surface area (Å²) in [6.07, 6.45) is 10.8. The fourth-order valence-electron chi connectivity index (χ4n) is 3.06. The third kappa shape index (κ3) is 11.1. The van der Waals surface area contributed by atoms with Crippen LogP contribution in [0.4, 0.5) is 0 Å². The molecule has 0 saturated carbocycles. The summed E-state index contributed by atoms with van der Waals surface area (Å²) in [6.45, 7) is 22.6. The molecule has 0 aliphatic carbocycles. The van der Waals surface area contributed by atoms with E-state index in [1.54, 1.807) is 6.33 Å². The zero-order valence-corrected chi connectivity index (χ0v) is 21.5. The van der Waals surface area contributed by atoms with E-state index >= 15 is 0 Å². The van der Waals surface area contributed by atoms with Crippen LogP contribution >= 0.6 is 0 Å². The minimum Gasteiger partial charge on any atom is -0.402 e. The van der Waals surface area contributed by atoms with E-state index in [4.69, 9.17) is 5.73 Å². The Morgan fingerprint density at radius 1 is 1.06 bits per heavy atom. The Hall–Kier alpha value is -2.68. The number of benzene rings is 1. The van der Waals surface area contributed by atoms with Crippen LogP contribution in [0.2, 0.25) is 0 Å². The second-order valence-corrected chi connectivity index (χ2v) is 8.02. The van der Waals surface area contributed by atoms with Crippen molar-refractivity contribution < 1.29 is 0 Å². The van der Waals surface area contributed by atoms with E-state index in [1.807, 2.05) is 33.0 Å². The summed E-state index contributed by atoms with van der Waals surface area (Å²) in [7, 11) is 0. The van der Waals surface area contributed by atoms with E-state index in [0.717, 1.165) is 36.2 Å². The highest BCUT2D eigenvalue weighted by Gasteiger charge is 2.04. The van der Waals surface area contributed by atoms with Gasteiger partial charge in [0.1, 0.15) is 6.33 Å². The van der Waals surface area contributed by atoms with Crippen LogP contribution in [0.5, 0.6) is 0 Å². The van der Waals surface area contributed by atoms with Gasteiger partial charge >= 0.3 is 0 Å². The van der Waals surface area contributed by atoms with Gasteiger partial charge in [0.2, 0.25) is 0 Å². The van der Waals surface area contributed by atoms with Crippen molar-refractivity contribution in [1.82, 2.24) is 9.97 Å². The Morgan fingerprint density at radius 3 is 2.06 bits per heavy atom. The van der Waals surface area contributed by atoms with Gasteiger partial charge in [0.05, 0.1) is 5.69 Å². The molecule has 2 aromatic rings. The predicted octanol–water partition coefficient (Wildman–Crippen LogP) is 8.34. The molecule has 0 fully saturated rings. The highest BCUT2D eigenvalue weighted by molar-refractivity contribution is 5.63. The third-order valence-corrected chi connectivity index (χ3v) is 5.39. The number of hydrogen-bond donors (Lipinski definition) is 1. The van der Waals surface area contributed by atoms with Crippen molar-refractivity contribution in [3.63, 3.8) is 0 Å². The molecule has 2 rings (SSSR count). The molecule has 0 bridgehead atoms. The first-order chi connectivity index (χ1) is 15.2. The predicted molar refractivity (Wildman–Crippen MR) is 143 cm³/mol. The van der Waals surface area contributed by atoms with Crippen LogP contribution in [-0.2, 0) is 6.42 Å². The molecule has 1 aromatic carbocycles. The van der Waals surface area contributed by atoms with E-state index < -0.39 is 0 Å². The van der Waals surface area contributed by atoms with Crippen LogP contribution in [0.1, 0.15) is 102 Å². The zero-order chi connectivity index (χ0) is 24.5. The molecule has 32 heavy (non-hydrogen) atoms. The Balaban J connectivity index is 0.000000496. The van der Waals surface area contributed by atoms with Gasteiger partial charge in [-0.2, -0.15) is 0 Å². The monoisotopic (exact) mass is 435 g/mol. The lowest BCUT2D eigenvalue weighted by Crippen LogP contribution is -1.94. The Morgan fingerprint density at radius 2 is 1.69 bits per heavy atom. The molecule has 0 spiro atoms. The average Bonchev–Trinajstić information content (AvgIpc) is 2.83. The minimum absolute atomic E-state index is 0.680. The molecule has 3 nitrogen and oxygen atoms in total. The third-order valence-electron chi connectivity index (χ3n) is 5.39. The van der Waals surface area contributed by atoms with E-state index in [9.17, 15) is 0 Å². The van der Waals surface area contributed by atoms with Crippen molar-refractivity contribution in [3.05, 3.63) is 84.1 Å². The zero-order valence-electron chi connectivity index (χ0n) is 21.5. The van der Waals surface area contributed by atoms with E-state index in [0.29, 0.717) is 5.92 Å². The number of hydrogen-bond acceptors (Lipinski definition) is 3. The lowest BCUT2D eigenvalue weighted by atomic mass is 9.94. The highest BCUT2D eigenvalue weighted by atomic mass is 14.8. The van der Waals surface area contributed by atoms with Gasteiger partial charge in [-0.25, -0.2) is 9.97 Å². The molecule has 1 heterocycles. The van der Waals surface area contributed by atoms with Crippen molar-refractivity contribution >= 4 is 11.1 Å². The van der Waals surface area contributed by atoms with Crippen LogP contribution in [0.3, 0.4) is 0 Å². The first-order valence-electron chi connectivity index (χ1n) is 11.9. The van der Waals surface area contributed by atoms with Crippen molar-refractivity contribution in [3.8, 4) is 0 Å². The summed E-state index contributed by atoms with van der Waals surface area (Å²) in [5, 5.41) is 0. The highest BCUT2D eigenvalue weighted by Crippen LogP contribution is 2.23. The number of allylic oxidation sites excluding steroid dienone is 4. The molecule has 1 aromatic heterocycles. The molecule has 0 aliphatic rings. The van der Waals surface area contributed by atoms with Gasteiger partial charge in [-0.05, 0) is 73.3 Å². The van der Waals surface area contributed by atoms with Gasteiger partial charge in [-0.1, -0.05) is 84.5 Å². The number of aryl methyl sites for hydroxylation is 1. The van der Waals surface area contributed by atoms with Crippen LogP contribution in [-0.4, -0.2) is 9.97 Å². The maximum Gasteiger partial charge on any atom is 0.116 e. The van der Waals surface area contributed by atoms with Crippen LogP contribution < -0.4 is 5.73 Å². The van der Waals surface area contributed by atoms with E-state index in [2.05, 4.69) is 75.1 Å². The van der Waals surface area contributed by atoms with Crippen LogP contribution in [0.15, 0.2) is 61.7 Å². The topological polar surface area (TPSA) is 51.8 Å². The van der Waals surface area contributed by atoms with Crippen molar-refractivity contribution in [1.29, 1.82) is 0 Å². The Bertz CT molecular complexity index is 832. The summed E-state index contributed by atoms with van der Waals surface area (Å²) in [6, 6.07) is 8.90. The van der Waals surface area contributed by atoms with Crippen LogP contribution in [0.25, 0.3) is 11.1 Å². The largest absolute Gasteiger partial charge is 0.402 e. The van der Waals surface area contributed by atoms with Crippen LogP contribution in [0, 0.1) is 0 Å². The molecule has 3 heteroatoms. The van der Waals surface area contributed by atoms with E-state index in [1.165, 1.54) is 35.1 Å². The Labute approximate surface area is 197 Å². The van der Waals surface area contributed by atoms with Gasteiger partial charge < -0.3 is 5.73 Å². The molecule has 0 unspecified atom stereocenters. The average molecular weight is 436 g/mol. The summed E-state index contributed by atoms with van der Waals surface area (Å²) >= 11 is 0. The molecule has 1 atom stereocenters. The number of aromatic nitrogens is 2.